The average Bonchev–Trinajstić information content (AvgIpc) is 2.45. The normalized spacial score (nSPS) is 12.4. The molecule has 1 unspecified atom stereocenters. The van der Waals surface area contributed by atoms with Gasteiger partial charge >= 0.3 is 6.09 Å². The second kappa shape index (κ2) is 8.90. The summed E-state index contributed by atoms with van der Waals surface area (Å²) in [5.41, 5.74) is 4.19. The summed E-state index contributed by atoms with van der Waals surface area (Å²) in [5, 5.41) is 0.289. The molecule has 0 aromatic carbocycles. The third-order valence-corrected chi connectivity index (χ3v) is 2.72. The minimum Gasteiger partial charge on any atom is -0.443 e. The number of ether oxygens (including phenoxy) is 2. The third kappa shape index (κ3) is 7.49. The molecule has 0 fully saturated rings. The molecule has 128 valence electrons. The molecule has 0 saturated heterocycles. The van der Waals surface area contributed by atoms with Gasteiger partial charge in [0.25, 0.3) is 5.91 Å². The van der Waals surface area contributed by atoms with Crippen LogP contribution in [-0.4, -0.2) is 35.1 Å². The van der Waals surface area contributed by atoms with Crippen LogP contribution in [0.2, 0.25) is 5.15 Å². The lowest BCUT2D eigenvalue weighted by Gasteiger charge is -2.21. The number of carbonyl (C=O) groups excluding carboxylic acids is 2. The number of amides is 2. The highest BCUT2D eigenvalue weighted by Gasteiger charge is 2.23. The van der Waals surface area contributed by atoms with Crippen LogP contribution in [0.3, 0.4) is 0 Å². The van der Waals surface area contributed by atoms with Crippen LogP contribution in [0.1, 0.15) is 32.4 Å². The summed E-state index contributed by atoms with van der Waals surface area (Å²) >= 11 is 11.3. The molecule has 1 heterocycles. The summed E-state index contributed by atoms with van der Waals surface area (Å²) in [6.07, 6.45) is -0.362. The Hall–Kier alpha value is -1.57. The lowest BCUT2D eigenvalue weighted by Crippen LogP contribution is -2.46. The van der Waals surface area contributed by atoms with Gasteiger partial charge in [0, 0.05) is 17.6 Å². The lowest BCUT2D eigenvalue weighted by atomic mass is 10.1. The van der Waals surface area contributed by atoms with Gasteiger partial charge in [0.2, 0.25) is 0 Å². The number of halogens is 2. The number of alkyl halides is 1. The first-order valence-electron chi connectivity index (χ1n) is 6.81. The van der Waals surface area contributed by atoms with E-state index in [1.807, 2.05) is 0 Å². The summed E-state index contributed by atoms with van der Waals surface area (Å²) in [7, 11) is 0. The minimum absolute atomic E-state index is 0.148. The van der Waals surface area contributed by atoms with E-state index in [4.69, 9.17) is 32.7 Å². The second-order valence-corrected chi connectivity index (χ2v) is 6.24. The topological polar surface area (TPSA) is 89.6 Å². The molecule has 1 atom stereocenters. The quantitative estimate of drug-likeness (QED) is 0.476. The molecule has 0 aliphatic heterocycles. The van der Waals surface area contributed by atoms with Crippen molar-refractivity contribution in [2.75, 3.05) is 12.5 Å². The Bertz CT molecular complexity index is 532. The molecule has 0 bridgehead atoms. The van der Waals surface area contributed by atoms with Gasteiger partial charge in [-0.1, -0.05) is 17.7 Å². The van der Waals surface area contributed by atoms with E-state index in [9.17, 15) is 9.59 Å². The molecule has 7 nitrogen and oxygen atoms in total. The summed E-state index contributed by atoms with van der Waals surface area (Å²) < 4.78 is 10.4. The van der Waals surface area contributed by atoms with Crippen LogP contribution in [0.15, 0.2) is 18.3 Å². The van der Waals surface area contributed by atoms with Crippen molar-refractivity contribution in [3.63, 3.8) is 0 Å². The van der Waals surface area contributed by atoms with E-state index in [1.165, 1.54) is 12.3 Å². The maximum atomic E-state index is 12.2. The Morgan fingerprint density at radius 2 is 2.00 bits per heavy atom. The molecule has 0 saturated carbocycles. The van der Waals surface area contributed by atoms with Crippen LogP contribution in [0.25, 0.3) is 0 Å². The maximum Gasteiger partial charge on any atom is 0.426 e. The van der Waals surface area contributed by atoms with Crippen LogP contribution in [0.4, 0.5) is 4.79 Å². The van der Waals surface area contributed by atoms with Crippen molar-refractivity contribution in [2.24, 2.45) is 0 Å². The van der Waals surface area contributed by atoms with E-state index in [-0.39, 0.29) is 17.6 Å². The summed E-state index contributed by atoms with van der Waals surface area (Å²) in [5.74, 6) is -0.380. The number of nitrogens with zero attached hydrogens (tertiary/aromatic N) is 1. The van der Waals surface area contributed by atoms with Crippen molar-refractivity contribution in [1.29, 1.82) is 0 Å². The summed E-state index contributed by atoms with van der Waals surface area (Å²) in [6, 6.07) is 3.13. The molecular formula is C14H19Cl2N3O4. The monoisotopic (exact) mass is 363 g/mol. The van der Waals surface area contributed by atoms with E-state index in [1.54, 1.807) is 26.8 Å². The largest absolute Gasteiger partial charge is 0.443 e. The molecule has 0 aliphatic carbocycles. The highest BCUT2D eigenvalue weighted by molar-refractivity contribution is 6.29. The van der Waals surface area contributed by atoms with Crippen molar-refractivity contribution in [2.45, 2.75) is 32.5 Å². The van der Waals surface area contributed by atoms with Gasteiger partial charge in [-0.3, -0.25) is 10.2 Å². The fourth-order valence-electron chi connectivity index (χ4n) is 1.51. The fraction of sp³-hybridized carbons (Fsp3) is 0.500. The SMILES string of the molecule is CC(C)(C)OC(=O)NNC(=O)C(OCCCl)c1ccc(Cl)nc1. The smallest absolute Gasteiger partial charge is 0.426 e. The number of hydrazine groups is 1. The molecule has 0 aliphatic rings. The fourth-order valence-corrected chi connectivity index (χ4v) is 1.71. The van der Waals surface area contributed by atoms with Gasteiger partial charge in [-0.15, -0.1) is 11.6 Å². The minimum atomic E-state index is -0.992. The summed E-state index contributed by atoms with van der Waals surface area (Å²) in [4.78, 5) is 27.6. The average molecular weight is 364 g/mol. The Balaban J connectivity index is 2.69. The van der Waals surface area contributed by atoms with Crippen LogP contribution in [-0.2, 0) is 14.3 Å². The van der Waals surface area contributed by atoms with Crippen molar-refractivity contribution < 1.29 is 19.1 Å². The number of hydrogen-bond donors (Lipinski definition) is 2. The van der Waals surface area contributed by atoms with E-state index in [0.29, 0.717) is 5.56 Å². The van der Waals surface area contributed by atoms with E-state index in [2.05, 4.69) is 15.8 Å². The molecular weight excluding hydrogens is 345 g/mol. The van der Waals surface area contributed by atoms with Crippen LogP contribution in [0.5, 0.6) is 0 Å². The second-order valence-electron chi connectivity index (χ2n) is 5.47. The zero-order chi connectivity index (χ0) is 17.5. The van der Waals surface area contributed by atoms with E-state index < -0.39 is 23.7 Å². The molecule has 1 aromatic rings. The van der Waals surface area contributed by atoms with Crippen molar-refractivity contribution in [3.8, 4) is 0 Å². The number of nitrogens with one attached hydrogen (secondary N) is 2. The Morgan fingerprint density at radius 3 is 2.52 bits per heavy atom. The Kier molecular flexibility index (Phi) is 7.54. The first-order valence-corrected chi connectivity index (χ1v) is 7.72. The lowest BCUT2D eigenvalue weighted by molar-refractivity contribution is -0.134. The zero-order valence-electron chi connectivity index (χ0n) is 13.1. The molecule has 2 N–H and O–H groups in total. The van der Waals surface area contributed by atoms with Crippen LogP contribution in [0, 0.1) is 0 Å². The first kappa shape index (κ1) is 19.5. The first-order chi connectivity index (χ1) is 10.7. The van der Waals surface area contributed by atoms with E-state index in [0.717, 1.165) is 0 Å². The van der Waals surface area contributed by atoms with Gasteiger partial charge < -0.3 is 9.47 Å². The van der Waals surface area contributed by atoms with Crippen molar-refractivity contribution >= 4 is 35.2 Å². The van der Waals surface area contributed by atoms with Gasteiger partial charge in [0.05, 0.1) is 6.61 Å². The van der Waals surface area contributed by atoms with Crippen molar-refractivity contribution in [3.05, 3.63) is 29.0 Å². The van der Waals surface area contributed by atoms with Crippen LogP contribution < -0.4 is 10.9 Å². The molecule has 2 amide bonds. The molecule has 1 aromatic heterocycles. The van der Waals surface area contributed by atoms with Gasteiger partial charge in [0.1, 0.15) is 10.8 Å². The number of pyridine rings is 1. The maximum absolute atomic E-state index is 12.2. The standard InChI is InChI=1S/C14H19Cl2N3O4/c1-14(2,3)23-13(21)19-18-12(20)11(22-7-6-15)9-4-5-10(16)17-8-9/h4-5,8,11H,6-7H2,1-3H3,(H,18,20)(H,19,21). The third-order valence-electron chi connectivity index (χ3n) is 2.34. The highest BCUT2D eigenvalue weighted by atomic mass is 35.5. The predicted octanol–water partition coefficient (Wildman–Crippen LogP) is 2.59. The van der Waals surface area contributed by atoms with Gasteiger partial charge in [-0.05, 0) is 26.8 Å². The van der Waals surface area contributed by atoms with Gasteiger partial charge in [-0.25, -0.2) is 15.2 Å². The summed E-state index contributed by atoms with van der Waals surface area (Å²) in [6.45, 7) is 5.27. The van der Waals surface area contributed by atoms with Gasteiger partial charge in [-0.2, -0.15) is 0 Å². The molecule has 1 rings (SSSR count). The highest BCUT2D eigenvalue weighted by Crippen LogP contribution is 2.18. The number of aromatic nitrogens is 1. The van der Waals surface area contributed by atoms with E-state index >= 15 is 0 Å². The molecule has 23 heavy (non-hydrogen) atoms. The number of hydrogen-bond acceptors (Lipinski definition) is 5. The van der Waals surface area contributed by atoms with Crippen LogP contribution >= 0.6 is 23.2 Å². The van der Waals surface area contributed by atoms with Gasteiger partial charge in [0.15, 0.2) is 6.10 Å². The molecule has 9 heteroatoms. The Morgan fingerprint density at radius 1 is 1.30 bits per heavy atom. The number of rotatable bonds is 5. The molecule has 0 spiro atoms. The number of carbonyl (C=O) groups is 2. The molecule has 0 radical (unpaired) electrons. The predicted molar refractivity (Wildman–Crippen MR) is 86.2 cm³/mol. The van der Waals surface area contributed by atoms with Crippen molar-refractivity contribution in [1.82, 2.24) is 15.8 Å². The Labute approximate surface area is 144 Å². The zero-order valence-corrected chi connectivity index (χ0v) is 14.6.